The molecule has 0 aromatic carbocycles. The number of unbranched alkanes of at least 4 members (excludes halogenated alkanes) is 11. The molecule has 0 radical (unpaired) electrons. The summed E-state index contributed by atoms with van der Waals surface area (Å²) in [5, 5.41) is 2.75. The van der Waals surface area contributed by atoms with E-state index >= 15 is 0 Å². The summed E-state index contributed by atoms with van der Waals surface area (Å²) >= 11 is 0. The second kappa shape index (κ2) is 18.5. The minimum atomic E-state index is -0.568. The number of amides is 1. The highest BCUT2D eigenvalue weighted by atomic mass is 16.6. The van der Waals surface area contributed by atoms with E-state index in [1.165, 1.54) is 70.6 Å². The SMILES string of the molecule is CCCCCCCCCCCCCCOC(=O)C(NC(=O)OCC)C1CCCCC1. The quantitative estimate of drug-likeness (QED) is 0.203. The zero-order valence-corrected chi connectivity index (χ0v) is 19.7. The number of rotatable bonds is 17. The number of carbonyl (C=O) groups is 2. The Labute approximate surface area is 185 Å². The van der Waals surface area contributed by atoms with Crippen LogP contribution in [0.3, 0.4) is 0 Å². The molecule has 1 aliphatic rings. The first-order chi connectivity index (χ1) is 14.7. The van der Waals surface area contributed by atoms with E-state index in [1.54, 1.807) is 6.92 Å². The molecule has 1 atom stereocenters. The van der Waals surface area contributed by atoms with Crippen molar-refractivity contribution in [2.75, 3.05) is 13.2 Å². The molecule has 5 heteroatoms. The molecule has 176 valence electrons. The molecular weight excluding hydrogens is 378 g/mol. The summed E-state index contributed by atoms with van der Waals surface area (Å²) < 4.78 is 10.5. The van der Waals surface area contributed by atoms with Gasteiger partial charge < -0.3 is 14.8 Å². The molecule has 0 heterocycles. The van der Waals surface area contributed by atoms with Gasteiger partial charge in [-0.3, -0.25) is 0 Å². The monoisotopic (exact) mass is 425 g/mol. The Balaban J connectivity index is 2.11. The van der Waals surface area contributed by atoms with E-state index in [4.69, 9.17) is 9.47 Å². The predicted molar refractivity (Wildman–Crippen MR) is 123 cm³/mol. The average Bonchev–Trinajstić information content (AvgIpc) is 2.76. The lowest BCUT2D eigenvalue weighted by atomic mass is 9.84. The van der Waals surface area contributed by atoms with E-state index in [1.807, 2.05) is 0 Å². The normalized spacial score (nSPS) is 15.5. The van der Waals surface area contributed by atoms with Crippen LogP contribution in [0.1, 0.15) is 123 Å². The zero-order chi connectivity index (χ0) is 21.9. The fourth-order valence-corrected chi connectivity index (χ4v) is 4.34. The number of carbonyl (C=O) groups excluding carboxylic acids is 2. The summed E-state index contributed by atoms with van der Waals surface area (Å²) in [6.07, 6.45) is 20.2. The molecule has 0 aromatic rings. The fraction of sp³-hybridized carbons (Fsp3) is 0.920. The predicted octanol–water partition coefficient (Wildman–Crippen LogP) is 6.93. The van der Waals surface area contributed by atoms with E-state index in [-0.39, 0.29) is 11.9 Å². The molecule has 1 rings (SSSR count). The van der Waals surface area contributed by atoms with Gasteiger partial charge in [0.1, 0.15) is 6.04 Å². The largest absolute Gasteiger partial charge is 0.464 e. The van der Waals surface area contributed by atoms with Crippen molar-refractivity contribution in [1.82, 2.24) is 5.32 Å². The maximum Gasteiger partial charge on any atom is 0.407 e. The van der Waals surface area contributed by atoms with Crippen molar-refractivity contribution >= 4 is 12.1 Å². The third kappa shape index (κ3) is 13.1. The molecule has 0 saturated heterocycles. The first-order valence-corrected chi connectivity index (χ1v) is 12.8. The number of esters is 1. The van der Waals surface area contributed by atoms with Crippen LogP contribution in [0.2, 0.25) is 0 Å². The zero-order valence-electron chi connectivity index (χ0n) is 19.7. The molecule has 30 heavy (non-hydrogen) atoms. The van der Waals surface area contributed by atoms with E-state index in [0.29, 0.717) is 13.2 Å². The average molecular weight is 426 g/mol. The van der Waals surface area contributed by atoms with E-state index < -0.39 is 12.1 Å². The summed E-state index contributed by atoms with van der Waals surface area (Å²) in [7, 11) is 0. The van der Waals surface area contributed by atoms with Gasteiger partial charge >= 0.3 is 12.1 Å². The van der Waals surface area contributed by atoms with Crippen LogP contribution in [0.15, 0.2) is 0 Å². The molecule has 1 aliphatic carbocycles. The highest BCUT2D eigenvalue weighted by molar-refractivity contribution is 5.81. The van der Waals surface area contributed by atoms with Crippen molar-refractivity contribution < 1.29 is 19.1 Å². The number of nitrogens with one attached hydrogen (secondary N) is 1. The van der Waals surface area contributed by atoms with Gasteiger partial charge in [-0.2, -0.15) is 0 Å². The van der Waals surface area contributed by atoms with Gasteiger partial charge in [0, 0.05) is 0 Å². The molecule has 5 nitrogen and oxygen atoms in total. The van der Waals surface area contributed by atoms with Crippen molar-refractivity contribution in [1.29, 1.82) is 0 Å². The second-order valence-electron chi connectivity index (χ2n) is 8.80. The summed E-state index contributed by atoms with van der Waals surface area (Å²) in [6.45, 7) is 4.78. The van der Waals surface area contributed by atoms with Crippen molar-refractivity contribution in [3.63, 3.8) is 0 Å². The summed E-state index contributed by atoms with van der Waals surface area (Å²) in [6, 6.07) is -0.568. The van der Waals surface area contributed by atoms with Crippen LogP contribution >= 0.6 is 0 Å². The van der Waals surface area contributed by atoms with Crippen molar-refractivity contribution in [3.8, 4) is 0 Å². The first kappa shape index (κ1) is 26.8. The molecule has 0 bridgehead atoms. The van der Waals surface area contributed by atoms with E-state index in [0.717, 1.165) is 38.5 Å². The van der Waals surface area contributed by atoms with Gasteiger partial charge in [-0.1, -0.05) is 96.8 Å². The minimum Gasteiger partial charge on any atom is -0.464 e. The highest BCUT2D eigenvalue weighted by Crippen LogP contribution is 2.27. The van der Waals surface area contributed by atoms with Crippen LogP contribution in [-0.2, 0) is 14.3 Å². The Morgan fingerprint density at radius 2 is 1.30 bits per heavy atom. The maximum absolute atomic E-state index is 12.6. The lowest BCUT2D eigenvalue weighted by Crippen LogP contribution is -2.47. The number of hydrogen-bond donors (Lipinski definition) is 1. The van der Waals surface area contributed by atoms with Crippen LogP contribution in [0.4, 0.5) is 4.79 Å². The highest BCUT2D eigenvalue weighted by Gasteiger charge is 2.32. The molecule has 1 fully saturated rings. The van der Waals surface area contributed by atoms with Gasteiger partial charge in [0.25, 0.3) is 0 Å². The minimum absolute atomic E-state index is 0.164. The van der Waals surface area contributed by atoms with Crippen LogP contribution in [0, 0.1) is 5.92 Å². The molecular formula is C25H47NO4. The Kier molecular flexibility index (Phi) is 16.5. The Morgan fingerprint density at radius 3 is 1.83 bits per heavy atom. The van der Waals surface area contributed by atoms with E-state index in [2.05, 4.69) is 12.2 Å². The van der Waals surface area contributed by atoms with Crippen LogP contribution in [0.25, 0.3) is 0 Å². The van der Waals surface area contributed by atoms with Gasteiger partial charge in [0.2, 0.25) is 0 Å². The molecule has 0 aliphatic heterocycles. The standard InChI is InChI=1S/C25H47NO4/c1-3-5-6-7-8-9-10-11-12-13-14-18-21-30-24(27)23(26-25(28)29-4-2)22-19-16-15-17-20-22/h22-23H,3-21H2,1-2H3,(H,26,28). The van der Waals surface area contributed by atoms with Crippen molar-refractivity contribution in [3.05, 3.63) is 0 Å². The Morgan fingerprint density at radius 1 is 0.767 bits per heavy atom. The van der Waals surface area contributed by atoms with Crippen LogP contribution < -0.4 is 5.32 Å². The fourth-order valence-electron chi connectivity index (χ4n) is 4.34. The number of ether oxygens (including phenoxy) is 2. The van der Waals surface area contributed by atoms with Gasteiger partial charge in [0.05, 0.1) is 13.2 Å². The topological polar surface area (TPSA) is 64.6 Å². The Hall–Kier alpha value is -1.26. The molecule has 1 N–H and O–H groups in total. The van der Waals surface area contributed by atoms with E-state index in [9.17, 15) is 9.59 Å². The first-order valence-electron chi connectivity index (χ1n) is 12.8. The third-order valence-electron chi connectivity index (χ3n) is 6.17. The van der Waals surface area contributed by atoms with Gasteiger partial charge in [0.15, 0.2) is 0 Å². The van der Waals surface area contributed by atoms with Crippen molar-refractivity contribution in [2.45, 2.75) is 129 Å². The molecule has 0 aromatic heterocycles. The smallest absolute Gasteiger partial charge is 0.407 e. The van der Waals surface area contributed by atoms with Gasteiger partial charge in [-0.05, 0) is 32.1 Å². The lowest BCUT2D eigenvalue weighted by Gasteiger charge is -2.29. The number of hydrogen-bond acceptors (Lipinski definition) is 4. The molecule has 1 unspecified atom stereocenters. The molecule has 1 saturated carbocycles. The summed E-state index contributed by atoms with van der Waals surface area (Å²) in [5.74, 6) is -0.129. The lowest BCUT2D eigenvalue weighted by molar-refractivity contribution is -0.148. The summed E-state index contributed by atoms with van der Waals surface area (Å²) in [4.78, 5) is 24.4. The molecule has 1 amide bonds. The third-order valence-corrected chi connectivity index (χ3v) is 6.17. The number of alkyl carbamates (subject to hydrolysis) is 1. The van der Waals surface area contributed by atoms with Crippen LogP contribution in [0.5, 0.6) is 0 Å². The van der Waals surface area contributed by atoms with Crippen LogP contribution in [-0.4, -0.2) is 31.3 Å². The second-order valence-corrected chi connectivity index (χ2v) is 8.80. The van der Waals surface area contributed by atoms with Gasteiger partial charge in [-0.15, -0.1) is 0 Å². The van der Waals surface area contributed by atoms with Gasteiger partial charge in [-0.25, -0.2) is 9.59 Å². The molecule has 0 spiro atoms. The maximum atomic E-state index is 12.6. The van der Waals surface area contributed by atoms with Crippen molar-refractivity contribution in [2.24, 2.45) is 5.92 Å². The summed E-state index contributed by atoms with van der Waals surface area (Å²) in [5.41, 5.74) is 0. The Bertz CT molecular complexity index is 435.